The number of hydrogen-bond acceptors (Lipinski definition) is 2. The summed E-state index contributed by atoms with van der Waals surface area (Å²) < 4.78 is 0. The number of nitrogens with zero attached hydrogens (tertiary/aromatic N) is 1. The Hall–Kier alpha value is -1.57. The van der Waals surface area contributed by atoms with Gasteiger partial charge in [0.25, 0.3) is 0 Å². The molecule has 2 heteroatoms. The number of pyridine rings is 1. The largest absolute Gasteiger partial charge is 0.383 e. The quantitative estimate of drug-likeness (QED) is 0.735. The molecule has 0 bridgehead atoms. The van der Waals surface area contributed by atoms with Crippen molar-refractivity contribution in [2.45, 2.75) is 20.4 Å². The zero-order valence-electron chi connectivity index (χ0n) is 8.75. The average Bonchev–Trinajstić information content (AvgIpc) is 2.15. The zero-order chi connectivity index (χ0) is 10.4. The van der Waals surface area contributed by atoms with E-state index in [2.05, 4.69) is 16.9 Å². The van der Waals surface area contributed by atoms with Crippen LogP contribution in [0.2, 0.25) is 0 Å². The summed E-state index contributed by atoms with van der Waals surface area (Å²) in [6, 6.07) is 5.91. The lowest BCUT2D eigenvalue weighted by molar-refractivity contribution is 0.786. The third-order valence-electron chi connectivity index (χ3n) is 1.74. The summed E-state index contributed by atoms with van der Waals surface area (Å²) in [6.45, 7) is 8.58. The summed E-state index contributed by atoms with van der Waals surface area (Å²) in [5.41, 5.74) is 3.21. The Kier molecular flexibility index (Phi) is 3.92. The van der Waals surface area contributed by atoms with Crippen molar-refractivity contribution >= 4 is 0 Å². The molecule has 1 aromatic heterocycles. The van der Waals surface area contributed by atoms with Gasteiger partial charge in [-0.15, -0.1) is 0 Å². The van der Waals surface area contributed by atoms with E-state index in [9.17, 15) is 0 Å². The topological polar surface area (TPSA) is 24.9 Å². The Morgan fingerprint density at radius 3 is 2.86 bits per heavy atom. The number of allylic oxidation sites excluding steroid dienone is 3. The first-order valence-electron chi connectivity index (χ1n) is 4.66. The van der Waals surface area contributed by atoms with Gasteiger partial charge in [0, 0.05) is 11.9 Å². The van der Waals surface area contributed by atoms with Crippen molar-refractivity contribution in [2.24, 2.45) is 0 Å². The molecule has 0 radical (unpaired) electrons. The molecule has 0 fully saturated rings. The van der Waals surface area contributed by atoms with E-state index in [-0.39, 0.29) is 0 Å². The first kappa shape index (κ1) is 10.5. The second-order valence-corrected chi connectivity index (χ2v) is 3.35. The van der Waals surface area contributed by atoms with Crippen molar-refractivity contribution in [3.8, 4) is 0 Å². The lowest BCUT2D eigenvalue weighted by Gasteiger charge is -2.05. The number of aromatic nitrogens is 1. The van der Waals surface area contributed by atoms with Crippen molar-refractivity contribution < 1.29 is 0 Å². The summed E-state index contributed by atoms with van der Waals surface area (Å²) in [7, 11) is 0. The molecule has 0 aliphatic heterocycles. The minimum Gasteiger partial charge on any atom is -0.383 e. The Bertz CT molecular complexity index is 325. The van der Waals surface area contributed by atoms with Gasteiger partial charge in [0.1, 0.15) is 0 Å². The zero-order valence-corrected chi connectivity index (χ0v) is 8.75. The van der Waals surface area contributed by atoms with Crippen LogP contribution in [-0.2, 0) is 6.54 Å². The predicted octanol–water partition coefficient (Wildman–Crippen LogP) is 2.65. The molecule has 0 saturated heterocycles. The lowest BCUT2D eigenvalue weighted by atomic mass is 10.3. The van der Waals surface area contributed by atoms with Crippen molar-refractivity contribution in [1.82, 2.24) is 10.3 Å². The molecule has 2 nitrogen and oxygen atoms in total. The number of rotatable bonds is 4. The Balaban J connectivity index is 2.45. The molecule has 1 rings (SSSR count). The smallest absolute Gasteiger partial charge is 0.0594 e. The highest BCUT2D eigenvalue weighted by Crippen LogP contribution is 1.98. The maximum Gasteiger partial charge on any atom is 0.0594 e. The van der Waals surface area contributed by atoms with Crippen molar-refractivity contribution in [2.75, 3.05) is 0 Å². The summed E-state index contributed by atoms with van der Waals surface area (Å²) in [5.74, 6) is 0. The van der Waals surface area contributed by atoms with Gasteiger partial charge in [-0.2, -0.15) is 0 Å². The minimum absolute atomic E-state index is 0.760. The van der Waals surface area contributed by atoms with Crippen LogP contribution in [0.3, 0.4) is 0 Å². The molecule has 1 heterocycles. The molecule has 0 saturated carbocycles. The second-order valence-electron chi connectivity index (χ2n) is 3.35. The highest BCUT2D eigenvalue weighted by molar-refractivity contribution is 5.16. The lowest BCUT2D eigenvalue weighted by Crippen LogP contribution is -2.11. The standard InChI is InChI=1S/C12H16N2/c1-10(2)8-11(3)14-9-12-6-4-5-7-13-12/h4-8,14H,1,9H2,2-3H3/b11-8+. The molecule has 0 amide bonds. The Morgan fingerprint density at radius 2 is 2.29 bits per heavy atom. The van der Waals surface area contributed by atoms with Gasteiger partial charge >= 0.3 is 0 Å². The van der Waals surface area contributed by atoms with Gasteiger partial charge in [-0.05, 0) is 32.1 Å². The van der Waals surface area contributed by atoms with Gasteiger partial charge in [0.05, 0.1) is 12.2 Å². The normalized spacial score (nSPS) is 11.1. The molecule has 1 N–H and O–H groups in total. The molecular weight excluding hydrogens is 172 g/mol. The van der Waals surface area contributed by atoms with E-state index in [1.807, 2.05) is 38.1 Å². The van der Waals surface area contributed by atoms with Gasteiger partial charge < -0.3 is 5.32 Å². The van der Waals surface area contributed by atoms with Crippen LogP contribution in [0.15, 0.2) is 48.3 Å². The maximum atomic E-state index is 4.22. The fourth-order valence-electron chi connectivity index (χ4n) is 1.15. The fraction of sp³-hybridized carbons (Fsp3) is 0.250. The van der Waals surface area contributed by atoms with Crippen molar-refractivity contribution in [3.63, 3.8) is 0 Å². The van der Waals surface area contributed by atoms with E-state index < -0.39 is 0 Å². The van der Waals surface area contributed by atoms with Crippen LogP contribution in [0.5, 0.6) is 0 Å². The molecule has 74 valence electrons. The van der Waals surface area contributed by atoms with E-state index in [4.69, 9.17) is 0 Å². The Labute approximate surface area is 85.4 Å². The monoisotopic (exact) mass is 188 g/mol. The van der Waals surface area contributed by atoms with E-state index in [1.54, 1.807) is 6.20 Å². The second kappa shape index (κ2) is 5.22. The molecule has 0 aliphatic carbocycles. The summed E-state index contributed by atoms with van der Waals surface area (Å²) in [4.78, 5) is 4.22. The predicted molar refractivity (Wildman–Crippen MR) is 59.6 cm³/mol. The third-order valence-corrected chi connectivity index (χ3v) is 1.74. The highest BCUT2D eigenvalue weighted by Gasteiger charge is 1.92. The van der Waals surface area contributed by atoms with E-state index in [0.717, 1.165) is 23.5 Å². The van der Waals surface area contributed by atoms with Crippen LogP contribution in [0.25, 0.3) is 0 Å². The maximum absolute atomic E-state index is 4.22. The molecular formula is C12H16N2. The minimum atomic E-state index is 0.760. The highest BCUT2D eigenvalue weighted by atomic mass is 14.9. The van der Waals surface area contributed by atoms with Crippen LogP contribution in [0.1, 0.15) is 19.5 Å². The van der Waals surface area contributed by atoms with Gasteiger partial charge in [0.15, 0.2) is 0 Å². The molecule has 1 aromatic rings. The molecule has 0 spiro atoms. The molecule has 14 heavy (non-hydrogen) atoms. The van der Waals surface area contributed by atoms with Crippen molar-refractivity contribution in [1.29, 1.82) is 0 Å². The van der Waals surface area contributed by atoms with Gasteiger partial charge in [-0.25, -0.2) is 0 Å². The summed E-state index contributed by atoms with van der Waals surface area (Å²) >= 11 is 0. The molecule has 0 aromatic carbocycles. The van der Waals surface area contributed by atoms with Crippen LogP contribution < -0.4 is 5.32 Å². The van der Waals surface area contributed by atoms with Crippen LogP contribution in [0.4, 0.5) is 0 Å². The molecule has 0 aliphatic rings. The third kappa shape index (κ3) is 3.90. The first-order chi connectivity index (χ1) is 6.68. The summed E-state index contributed by atoms with van der Waals surface area (Å²) in [6.07, 6.45) is 3.82. The van der Waals surface area contributed by atoms with Crippen molar-refractivity contribution in [3.05, 3.63) is 54.0 Å². The number of nitrogens with one attached hydrogen (secondary N) is 1. The van der Waals surface area contributed by atoms with Crippen LogP contribution >= 0.6 is 0 Å². The van der Waals surface area contributed by atoms with Gasteiger partial charge in [-0.3, -0.25) is 4.98 Å². The van der Waals surface area contributed by atoms with E-state index in [0.29, 0.717) is 0 Å². The van der Waals surface area contributed by atoms with Gasteiger partial charge in [-0.1, -0.05) is 18.2 Å². The molecule has 0 atom stereocenters. The first-order valence-corrected chi connectivity index (χ1v) is 4.66. The van der Waals surface area contributed by atoms with E-state index >= 15 is 0 Å². The van der Waals surface area contributed by atoms with Crippen LogP contribution in [0, 0.1) is 0 Å². The van der Waals surface area contributed by atoms with Gasteiger partial charge in [0.2, 0.25) is 0 Å². The van der Waals surface area contributed by atoms with Crippen LogP contribution in [-0.4, -0.2) is 4.98 Å². The number of hydrogen-bond donors (Lipinski definition) is 1. The molecule has 0 unspecified atom stereocenters. The fourth-order valence-corrected chi connectivity index (χ4v) is 1.15. The summed E-state index contributed by atoms with van der Waals surface area (Å²) in [5, 5.41) is 3.27. The average molecular weight is 188 g/mol. The van der Waals surface area contributed by atoms with E-state index in [1.165, 1.54) is 0 Å². The SMILES string of the molecule is C=C(C)/C=C(\C)NCc1ccccn1. The Morgan fingerprint density at radius 1 is 1.50 bits per heavy atom.